The number of nitrogens with one attached hydrogen (secondary N) is 3. The topological polar surface area (TPSA) is 255 Å². The lowest BCUT2D eigenvalue weighted by Gasteiger charge is -2.25. The van der Waals surface area contributed by atoms with E-state index in [0.717, 1.165) is 0 Å². The molecule has 3 amide bonds. The standard InChI is InChI=1S/C21H33N7O7/c1-11(29)17(20(34)35)28-18(32)14(3-2-8-25-21(23)24)27-19(33)15(26-16(31)10-22)9-12-4-6-13(30)7-5-12/h4-7,11,14-15,17,29-30H,2-3,8-10,22H2,1H3,(H,26,31)(H,27,33)(H,28,32)(H,34,35)(H4,23,24,25). The van der Waals surface area contributed by atoms with Gasteiger partial charge in [0.15, 0.2) is 12.0 Å². The number of phenolic OH excluding ortho intramolecular Hbond substituents is 1. The minimum absolute atomic E-state index is 0.0179. The molecule has 1 aromatic rings. The number of carboxylic acids is 1. The Kier molecular flexibility index (Phi) is 12.0. The third-order valence-corrected chi connectivity index (χ3v) is 4.84. The molecule has 4 atom stereocenters. The van der Waals surface area contributed by atoms with E-state index in [9.17, 15) is 34.5 Å². The molecule has 0 aliphatic carbocycles. The van der Waals surface area contributed by atoms with Gasteiger partial charge in [-0.15, -0.1) is 0 Å². The van der Waals surface area contributed by atoms with Crippen molar-refractivity contribution in [3.05, 3.63) is 29.8 Å². The van der Waals surface area contributed by atoms with E-state index in [0.29, 0.717) is 5.56 Å². The van der Waals surface area contributed by atoms with Crippen LogP contribution in [-0.2, 0) is 25.6 Å². The number of rotatable bonds is 14. The number of phenols is 1. The van der Waals surface area contributed by atoms with Gasteiger partial charge in [0.05, 0.1) is 12.6 Å². The van der Waals surface area contributed by atoms with Gasteiger partial charge in [0, 0.05) is 13.0 Å². The molecule has 14 heteroatoms. The summed E-state index contributed by atoms with van der Waals surface area (Å²) < 4.78 is 0. The Hall–Kier alpha value is -3.91. The largest absolute Gasteiger partial charge is 0.508 e. The first-order valence-electron chi connectivity index (χ1n) is 10.8. The number of benzene rings is 1. The van der Waals surface area contributed by atoms with Crippen molar-refractivity contribution in [3.8, 4) is 5.75 Å². The molecule has 0 heterocycles. The summed E-state index contributed by atoms with van der Waals surface area (Å²) in [4.78, 5) is 52.9. The fraction of sp³-hybridized carbons (Fsp3) is 0.476. The average molecular weight is 496 g/mol. The number of nitrogens with zero attached hydrogens (tertiary/aromatic N) is 1. The van der Waals surface area contributed by atoms with Gasteiger partial charge < -0.3 is 48.5 Å². The third-order valence-electron chi connectivity index (χ3n) is 4.84. The first-order valence-corrected chi connectivity index (χ1v) is 10.8. The maximum absolute atomic E-state index is 13.0. The number of aliphatic hydroxyl groups is 1. The number of carbonyl (C=O) groups excluding carboxylic acids is 3. The zero-order valence-electron chi connectivity index (χ0n) is 19.3. The van der Waals surface area contributed by atoms with Gasteiger partial charge in [-0.3, -0.25) is 19.4 Å². The van der Waals surface area contributed by atoms with Gasteiger partial charge in [0.2, 0.25) is 17.7 Å². The molecule has 4 unspecified atom stereocenters. The fourth-order valence-electron chi connectivity index (χ4n) is 3.02. The number of aliphatic imine (C=N–C) groups is 1. The summed E-state index contributed by atoms with van der Waals surface area (Å²) in [5.41, 5.74) is 16.5. The molecule has 0 spiro atoms. The first kappa shape index (κ1) is 29.1. The van der Waals surface area contributed by atoms with Crippen molar-refractivity contribution < 1.29 is 34.5 Å². The Morgan fingerprint density at radius 1 is 1.00 bits per heavy atom. The van der Waals surface area contributed by atoms with E-state index in [1.165, 1.54) is 19.1 Å². The highest BCUT2D eigenvalue weighted by Gasteiger charge is 2.31. The summed E-state index contributed by atoms with van der Waals surface area (Å²) in [6.45, 7) is 0.958. The monoisotopic (exact) mass is 495 g/mol. The molecular formula is C21H33N7O7. The van der Waals surface area contributed by atoms with Crippen LogP contribution in [0.4, 0.5) is 0 Å². The van der Waals surface area contributed by atoms with E-state index in [-0.39, 0.29) is 44.1 Å². The van der Waals surface area contributed by atoms with Crippen LogP contribution in [0, 0.1) is 0 Å². The lowest BCUT2D eigenvalue weighted by Crippen LogP contribution is -2.58. The number of carbonyl (C=O) groups is 4. The van der Waals surface area contributed by atoms with Crippen molar-refractivity contribution in [2.75, 3.05) is 13.1 Å². The Balaban J connectivity index is 3.08. The molecule has 0 aliphatic heterocycles. The van der Waals surface area contributed by atoms with E-state index in [4.69, 9.17) is 17.2 Å². The quantitative estimate of drug-likeness (QED) is 0.0712. The number of hydrogen-bond donors (Lipinski definition) is 9. The van der Waals surface area contributed by atoms with Crippen LogP contribution in [0.5, 0.6) is 5.75 Å². The fourth-order valence-corrected chi connectivity index (χ4v) is 3.02. The molecule has 0 radical (unpaired) electrons. The molecule has 0 saturated carbocycles. The molecule has 1 aromatic carbocycles. The summed E-state index contributed by atoms with van der Waals surface area (Å²) in [6.07, 6.45) is -1.11. The van der Waals surface area contributed by atoms with Crippen LogP contribution in [0.15, 0.2) is 29.3 Å². The Bertz CT molecular complexity index is 902. The molecule has 12 N–H and O–H groups in total. The molecule has 1 rings (SSSR count). The Morgan fingerprint density at radius 2 is 1.60 bits per heavy atom. The van der Waals surface area contributed by atoms with Crippen molar-refractivity contribution >= 4 is 29.7 Å². The summed E-state index contributed by atoms with van der Waals surface area (Å²) in [5.74, 6) is -3.80. The average Bonchev–Trinajstić information content (AvgIpc) is 2.79. The van der Waals surface area contributed by atoms with E-state index in [2.05, 4.69) is 20.9 Å². The Labute approximate surface area is 201 Å². The van der Waals surface area contributed by atoms with Crippen molar-refractivity contribution in [1.82, 2.24) is 16.0 Å². The second kappa shape index (κ2) is 14.4. The van der Waals surface area contributed by atoms with E-state index in [1.54, 1.807) is 12.1 Å². The van der Waals surface area contributed by atoms with Crippen LogP contribution in [0.1, 0.15) is 25.3 Å². The molecule has 0 fully saturated rings. The maximum Gasteiger partial charge on any atom is 0.328 e. The lowest BCUT2D eigenvalue weighted by atomic mass is 10.0. The van der Waals surface area contributed by atoms with Crippen LogP contribution in [0.2, 0.25) is 0 Å². The highest BCUT2D eigenvalue weighted by atomic mass is 16.4. The summed E-state index contributed by atoms with van der Waals surface area (Å²) in [6, 6.07) is 1.98. The smallest absolute Gasteiger partial charge is 0.328 e. The minimum atomic E-state index is -1.61. The van der Waals surface area contributed by atoms with Crippen LogP contribution in [-0.4, -0.2) is 82.3 Å². The highest BCUT2D eigenvalue weighted by molar-refractivity contribution is 5.93. The van der Waals surface area contributed by atoms with Crippen molar-refractivity contribution in [1.29, 1.82) is 0 Å². The van der Waals surface area contributed by atoms with E-state index >= 15 is 0 Å². The van der Waals surface area contributed by atoms with Crippen LogP contribution < -0.4 is 33.2 Å². The summed E-state index contributed by atoms with van der Waals surface area (Å²) >= 11 is 0. The first-order chi connectivity index (χ1) is 16.4. The number of aliphatic carboxylic acids is 1. The van der Waals surface area contributed by atoms with Gasteiger partial charge in [0.1, 0.15) is 17.8 Å². The summed E-state index contributed by atoms with van der Waals surface area (Å²) in [5, 5.41) is 35.5. The number of nitrogens with two attached hydrogens (primary N) is 3. The molecule has 0 aromatic heterocycles. The second-order valence-electron chi connectivity index (χ2n) is 7.77. The zero-order chi connectivity index (χ0) is 26.5. The van der Waals surface area contributed by atoms with E-state index in [1.807, 2.05) is 0 Å². The maximum atomic E-state index is 13.0. The Morgan fingerprint density at radius 3 is 2.11 bits per heavy atom. The number of aliphatic hydroxyl groups excluding tert-OH is 1. The normalized spacial score (nSPS) is 14.0. The van der Waals surface area contributed by atoms with Crippen molar-refractivity contribution in [3.63, 3.8) is 0 Å². The van der Waals surface area contributed by atoms with E-state index < -0.39 is 47.9 Å². The predicted molar refractivity (Wildman–Crippen MR) is 126 cm³/mol. The van der Waals surface area contributed by atoms with Gasteiger partial charge in [-0.2, -0.15) is 0 Å². The van der Waals surface area contributed by atoms with Crippen LogP contribution >= 0.6 is 0 Å². The number of guanidine groups is 1. The van der Waals surface area contributed by atoms with Gasteiger partial charge in [-0.1, -0.05) is 12.1 Å². The molecule has 194 valence electrons. The van der Waals surface area contributed by atoms with Gasteiger partial charge in [-0.05, 0) is 37.5 Å². The van der Waals surface area contributed by atoms with Crippen molar-refractivity contribution in [2.45, 2.75) is 50.4 Å². The van der Waals surface area contributed by atoms with Gasteiger partial charge in [-0.25, -0.2) is 4.79 Å². The zero-order valence-corrected chi connectivity index (χ0v) is 19.3. The highest BCUT2D eigenvalue weighted by Crippen LogP contribution is 2.12. The number of carboxylic acid groups (broad SMARTS) is 1. The van der Waals surface area contributed by atoms with Crippen molar-refractivity contribution in [2.24, 2.45) is 22.2 Å². The number of hydrogen-bond acceptors (Lipinski definition) is 8. The van der Waals surface area contributed by atoms with Crippen LogP contribution in [0.3, 0.4) is 0 Å². The summed E-state index contributed by atoms with van der Waals surface area (Å²) in [7, 11) is 0. The third kappa shape index (κ3) is 10.7. The van der Waals surface area contributed by atoms with Gasteiger partial charge >= 0.3 is 5.97 Å². The minimum Gasteiger partial charge on any atom is -0.508 e. The predicted octanol–water partition coefficient (Wildman–Crippen LogP) is -3.13. The van der Waals surface area contributed by atoms with Gasteiger partial charge in [0.25, 0.3) is 0 Å². The number of amides is 3. The molecule has 0 bridgehead atoms. The molecule has 0 saturated heterocycles. The SMILES string of the molecule is CC(O)C(NC(=O)C(CCCN=C(N)N)NC(=O)C(Cc1ccc(O)cc1)NC(=O)CN)C(=O)O. The molecule has 14 nitrogen and oxygen atoms in total. The molecular weight excluding hydrogens is 462 g/mol. The molecule has 0 aliphatic rings. The molecule has 35 heavy (non-hydrogen) atoms. The number of aromatic hydroxyl groups is 1. The second-order valence-corrected chi connectivity index (χ2v) is 7.77. The lowest BCUT2D eigenvalue weighted by molar-refractivity contribution is -0.145. The van der Waals surface area contributed by atoms with Crippen LogP contribution in [0.25, 0.3) is 0 Å².